The molecule has 4 aromatic rings. The molecule has 306 valence electrons. The third-order valence-electron chi connectivity index (χ3n) is 11.2. The second-order valence-corrected chi connectivity index (χ2v) is 26.7. The molecular formula is C52H72O3Si2. The summed E-state index contributed by atoms with van der Waals surface area (Å²) in [7, 11) is -4.83. The van der Waals surface area contributed by atoms with E-state index < -0.39 is 16.6 Å². The van der Waals surface area contributed by atoms with Gasteiger partial charge in [0.1, 0.15) is 0 Å². The van der Waals surface area contributed by atoms with Gasteiger partial charge in [0.25, 0.3) is 16.6 Å². The zero-order chi connectivity index (χ0) is 42.1. The maximum atomic E-state index is 11.4. The number of Topliss-reactive ketones (excluding diaryl/α,β-unsaturated/α-hetero) is 1. The topological polar surface area (TPSA) is 35.5 Å². The number of carbonyl (C=O) groups excluding carboxylic acids is 1. The second kappa shape index (κ2) is 22.4. The van der Waals surface area contributed by atoms with Gasteiger partial charge in [-0.2, -0.15) is 0 Å². The summed E-state index contributed by atoms with van der Waals surface area (Å²) in [5.74, 6) is 1.17. The molecule has 1 unspecified atom stereocenters. The molecule has 0 bridgehead atoms. The number of allylic oxidation sites excluding steroid dienone is 2. The lowest BCUT2D eigenvalue weighted by Crippen LogP contribution is -2.66. The van der Waals surface area contributed by atoms with Crippen LogP contribution in [0.25, 0.3) is 0 Å². The molecule has 0 fully saturated rings. The number of hydrogen-bond donors (Lipinski definition) is 0. The van der Waals surface area contributed by atoms with Crippen molar-refractivity contribution >= 4 is 43.2 Å². The average molecular weight is 801 g/mol. The first-order valence-electron chi connectivity index (χ1n) is 21.0. The van der Waals surface area contributed by atoms with Crippen LogP contribution in [0.2, 0.25) is 10.1 Å². The standard InChI is InChI=1S/C26H36O2Si.C26H36OSi/c1-21(20-22(2)23(3)27)14-13-19-28-29(26(4,5)6,24-15-9-7-10-16-24)25-17-11-8-12-18-25;1-7-22(2)21-23(3)15-14-20-27-28(26(4,5)6,24-16-10-8-11-17-24)25-18-12-9-13-19-25/h7-12,15-18,21H,2,13-14,19-20H2,1,3-6H3;8-13,16-19,23H,1,14-15,20-21H2,2-6H3/t21-;/m0./s1. The summed E-state index contributed by atoms with van der Waals surface area (Å²) in [6.07, 6.45) is 6.10. The van der Waals surface area contributed by atoms with Gasteiger partial charge < -0.3 is 8.85 Å². The number of ketones is 1. The maximum Gasteiger partial charge on any atom is 0.261 e. The van der Waals surface area contributed by atoms with Gasteiger partial charge in [-0.15, -0.1) is 5.73 Å². The van der Waals surface area contributed by atoms with E-state index in [-0.39, 0.29) is 15.9 Å². The molecular weight excluding hydrogens is 729 g/mol. The summed E-state index contributed by atoms with van der Waals surface area (Å²) in [5, 5.41) is 5.39. The summed E-state index contributed by atoms with van der Waals surface area (Å²) < 4.78 is 13.9. The molecule has 4 rings (SSSR count). The molecule has 5 heteroatoms. The first-order chi connectivity index (χ1) is 27.0. The molecule has 3 nitrogen and oxygen atoms in total. The van der Waals surface area contributed by atoms with Crippen LogP contribution in [0.1, 0.15) is 108 Å². The molecule has 0 aliphatic heterocycles. The highest BCUT2D eigenvalue weighted by Crippen LogP contribution is 2.38. The summed E-state index contributed by atoms with van der Waals surface area (Å²) in [4.78, 5) is 11.4. The number of benzene rings is 4. The van der Waals surface area contributed by atoms with Crippen molar-refractivity contribution in [2.75, 3.05) is 13.2 Å². The summed E-state index contributed by atoms with van der Waals surface area (Å²) in [6, 6.07) is 43.3. The van der Waals surface area contributed by atoms with E-state index >= 15 is 0 Å². The Morgan fingerprint density at radius 3 is 1.14 bits per heavy atom. The van der Waals surface area contributed by atoms with Gasteiger partial charge in [-0.1, -0.05) is 190 Å². The first kappa shape index (κ1) is 47.5. The molecule has 4 aromatic carbocycles. The number of carbonyl (C=O) groups is 1. The van der Waals surface area contributed by atoms with Crippen molar-refractivity contribution in [1.29, 1.82) is 0 Å². The number of hydrogen-bond acceptors (Lipinski definition) is 3. The van der Waals surface area contributed by atoms with Crippen LogP contribution in [-0.4, -0.2) is 35.6 Å². The van der Waals surface area contributed by atoms with Gasteiger partial charge in [0.2, 0.25) is 0 Å². The minimum atomic E-state index is -2.44. The Balaban J connectivity index is 0.000000306. The highest BCUT2D eigenvalue weighted by Gasteiger charge is 2.51. The third kappa shape index (κ3) is 13.1. The van der Waals surface area contributed by atoms with Crippen molar-refractivity contribution in [2.24, 2.45) is 11.8 Å². The van der Waals surface area contributed by atoms with E-state index in [1.54, 1.807) is 6.92 Å². The fourth-order valence-corrected chi connectivity index (χ4v) is 17.4. The van der Waals surface area contributed by atoms with Gasteiger partial charge in [0.05, 0.1) is 0 Å². The van der Waals surface area contributed by atoms with E-state index in [1.807, 2.05) is 0 Å². The molecule has 0 saturated carbocycles. The molecule has 0 aromatic heterocycles. The van der Waals surface area contributed by atoms with Gasteiger partial charge in [0.15, 0.2) is 5.78 Å². The number of rotatable bonds is 19. The second-order valence-electron chi connectivity index (χ2n) is 18.0. The fraction of sp³-hybridized carbons (Fsp3) is 0.423. The van der Waals surface area contributed by atoms with Crippen molar-refractivity contribution in [3.63, 3.8) is 0 Å². The largest absolute Gasteiger partial charge is 0.407 e. The average Bonchev–Trinajstić information content (AvgIpc) is 3.18. The maximum absolute atomic E-state index is 11.4. The van der Waals surface area contributed by atoms with Crippen molar-refractivity contribution < 1.29 is 13.6 Å². The van der Waals surface area contributed by atoms with Crippen LogP contribution in [-0.2, 0) is 13.6 Å². The first-order valence-corrected chi connectivity index (χ1v) is 24.9. The lowest BCUT2D eigenvalue weighted by molar-refractivity contribution is -0.113. The van der Waals surface area contributed by atoms with Crippen molar-refractivity contribution in [3.8, 4) is 0 Å². The SMILES string of the molecule is C=C(C[C@@H](C)CCCO[Si](c1ccccc1)(c1ccccc1)C(C)(C)C)C(C)=O.C=C=C(C)CC(C)CCCO[Si](c1ccccc1)(c1ccccc1)C(C)(C)C. The monoisotopic (exact) mass is 801 g/mol. The molecule has 0 aliphatic rings. The quantitative estimate of drug-likeness (QED) is 0.0410. The molecule has 0 saturated heterocycles. The Morgan fingerprint density at radius 2 is 0.877 bits per heavy atom. The van der Waals surface area contributed by atoms with E-state index in [0.717, 1.165) is 57.3 Å². The lowest BCUT2D eigenvalue weighted by Gasteiger charge is -2.43. The van der Waals surface area contributed by atoms with E-state index in [0.29, 0.717) is 11.8 Å². The minimum absolute atomic E-state index is 0.00420. The molecule has 0 heterocycles. The van der Waals surface area contributed by atoms with Crippen LogP contribution in [0.3, 0.4) is 0 Å². The Bertz CT molecular complexity index is 1750. The lowest BCUT2D eigenvalue weighted by atomic mass is 9.96. The molecule has 0 radical (unpaired) electrons. The molecule has 57 heavy (non-hydrogen) atoms. The summed E-state index contributed by atoms with van der Waals surface area (Å²) in [5.41, 5.74) is 4.99. The zero-order valence-corrected chi connectivity index (χ0v) is 39.0. The normalized spacial score (nSPS) is 13.1. The Morgan fingerprint density at radius 1 is 0.579 bits per heavy atom. The molecule has 0 spiro atoms. The van der Waals surface area contributed by atoms with Gasteiger partial charge in [0, 0.05) is 13.2 Å². The summed E-state index contributed by atoms with van der Waals surface area (Å²) >= 11 is 0. The van der Waals surface area contributed by atoms with Gasteiger partial charge in [-0.05, 0) is 106 Å². The Hall–Kier alpha value is -3.84. The highest BCUT2D eigenvalue weighted by atomic mass is 28.4. The van der Waals surface area contributed by atoms with E-state index in [9.17, 15) is 4.79 Å². The van der Waals surface area contributed by atoms with Gasteiger partial charge >= 0.3 is 0 Å². The van der Waals surface area contributed by atoms with Gasteiger partial charge in [-0.3, -0.25) is 4.79 Å². The smallest absolute Gasteiger partial charge is 0.261 e. The Kier molecular flexibility index (Phi) is 18.6. The predicted molar refractivity (Wildman–Crippen MR) is 251 cm³/mol. The minimum Gasteiger partial charge on any atom is -0.407 e. The van der Waals surface area contributed by atoms with Crippen molar-refractivity contribution in [2.45, 2.75) is 118 Å². The molecule has 0 aliphatic carbocycles. The van der Waals surface area contributed by atoms with Crippen molar-refractivity contribution in [1.82, 2.24) is 0 Å². The zero-order valence-electron chi connectivity index (χ0n) is 37.0. The van der Waals surface area contributed by atoms with Crippen LogP contribution in [0, 0.1) is 11.8 Å². The van der Waals surface area contributed by atoms with E-state index in [2.05, 4.69) is 203 Å². The highest BCUT2D eigenvalue weighted by molar-refractivity contribution is 7.00. The third-order valence-corrected chi connectivity index (χ3v) is 21.3. The van der Waals surface area contributed by atoms with E-state index in [1.165, 1.54) is 26.3 Å². The van der Waals surface area contributed by atoms with Crippen LogP contribution < -0.4 is 20.7 Å². The predicted octanol–water partition coefficient (Wildman–Crippen LogP) is 11.6. The Labute approximate surface area is 349 Å². The van der Waals surface area contributed by atoms with E-state index in [4.69, 9.17) is 8.85 Å². The van der Waals surface area contributed by atoms with Crippen LogP contribution in [0.5, 0.6) is 0 Å². The van der Waals surface area contributed by atoms with Crippen LogP contribution in [0.4, 0.5) is 0 Å². The molecule has 0 N–H and O–H groups in total. The molecule has 2 atom stereocenters. The van der Waals surface area contributed by atoms with Crippen LogP contribution in [0.15, 0.2) is 151 Å². The van der Waals surface area contributed by atoms with Crippen LogP contribution >= 0.6 is 0 Å². The summed E-state index contributed by atoms with van der Waals surface area (Å²) in [6.45, 7) is 31.3. The van der Waals surface area contributed by atoms with Gasteiger partial charge in [-0.25, -0.2) is 0 Å². The van der Waals surface area contributed by atoms with Crippen molar-refractivity contribution in [3.05, 3.63) is 151 Å². The fourth-order valence-electron chi connectivity index (χ4n) is 8.20. The molecule has 0 amide bonds.